The second-order valence-corrected chi connectivity index (χ2v) is 7.77. The highest BCUT2D eigenvalue weighted by Gasteiger charge is 2.17. The molecule has 0 heterocycles. The van der Waals surface area contributed by atoms with Gasteiger partial charge in [0.05, 0.1) is 0 Å². The van der Waals surface area contributed by atoms with E-state index in [2.05, 4.69) is 10.3 Å². The summed E-state index contributed by atoms with van der Waals surface area (Å²) in [6.07, 6.45) is 2.35. The van der Waals surface area contributed by atoms with Crippen molar-refractivity contribution in [3.8, 4) is 0 Å². The number of rotatable bonds is 5. The van der Waals surface area contributed by atoms with E-state index in [-0.39, 0.29) is 0 Å². The number of nitrogens with zero attached hydrogens (tertiary/aromatic N) is 4. The molecule has 0 fully saturated rings. The van der Waals surface area contributed by atoms with Crippen LogP contribution in [0.2, 0.25) is 0 Å². The van der Waals surface area contributed by atoms with E-state index in [9.17, 15) is 9.59 Å². The second-order valence-electron chi connectivity index (χ2n) is 3.49. The van der Waals surface area contributed by atoms with Crippen molar-refractivity contribution in [3.05, 3.63) is 0 Å². The van der Waals surface area contributed by atoms with E-state index in [0.29, 0.717) is 10.1 Å². The Morgan fingerprint density at radius 3 is 1.41 bits per heavy atom. The summed E-state index contributed by atoms with van der Waals surface area (Å²) in [5.74, 6) is 0. The van der Waals surface area contributed by atoms with Crippen molar-refractivity contribution in [2.24, 2.45) is 10.3 Å². The van der Waals surface area contributed by atoms with Gasteiger partial charge in [-0.3, -0.25) is 9.68 Å². The SMILES string of the molecule is CSC(C)=NOC(=O)N(C)SSN(C)C(=O)ON=C(C)SC. The van der Waals surface area contributed by atoms with Gasteiger partial charge in [-0.05, 0) is 26.4 Å². The van der Waals surface area contributed by atoms with E-state index in [4.69, 9.17) is 9.68 Å². The summed E-state index contributed by atoms with van der Waals surface area (Å²) in [4.78, 5) is 32.6. The van der Waals surface area contributed by atoms with Gasteiger partial charge in [0.2, 0.25) is 0 Å². The Labute approximate surface area is 146 Å². The molecule has 0 aromatic rings. The monoisotopic (exact) mass is 386 g/mol. The Morgan fingerprint density at radius 2 is 1.14 bits per heavy atom. The van der Waals surface area contributed by atoms with Crippen LogP contribution in [0.4, 0.5) is 9.59 Å². The molecule has 0 spiro atoms. The number of oxime groups is 2. The molecule has 0 saturated heterocycles. The summed E-state index contributed by atoms with van der Waals surface area (Å²) >= 11 is 2.74. The van der Waals surface area contributed by atoms with Crippen molar-refractivity contribution >= 4 is 67.8 Å². The summed E-state index contributed by atoms with van der Waals surface area (Å²) < 4.78 is 2.39. The first kappa shape index (κ1) is 21.3. The third-order valence-electron chi connectivity index (χ3n) is 1.87. The highest BCUT2D eigenvalue weighted by atomic mass is 33.1. The molecule has 22 heavy (non-hydrogen) atoms. The Balaban J connectivity index is 4.20. The van der Waals surface area contributed by atoms with Gasteiger partial charge in [0.25, 0.3) is 0 Å². The lowest BCUT2D eigenvalue weighted by Gasteiger charge is -2.16. The van der Waals surface area contributed by atoms with Crippen LogP contribution in [0.3, 0.4) is 0 Å². The molecule has 0 aliphatic heterocycles. The molecular formula is C10H18N4O4S4. The van der Waals surface area contributed by atoms with Crippen LogP contribution >= 0.6 is 45.5 Å². The largest absolute Gasteiger partial charge is 0.446 e. The van der Waals surface area contributed by atoms with Gasteiger partial charge in [-0.15, -0.1) is 23.5 Å². The molecule has 0 aliphatic carbocycles. The van der Waals surface area contributed by atoms with Gasteiger partial charge in [0, 0.05) is 36.1 Å². The minimum absolute atomic E-state index is 0.627. The van der Waals surface area contributed by atoms with Crippen molar-refractivity contribution in [2.45, 2.75) is 13.8 Å². The molecule has 12 heteroatoms. The molecule has 8 nitrogen and oxygen atoms in total. The van der Waals surface area contributed by atoms with Crippen LogP contribution in [0.15, 0.2) is 10.3 Å². The quantitative estimate of drug-likeness (QED) is 0.176. The van der Waals surface area contributed by atoms with Crippen LogP contribution < -0.4 is 0 Å². The Hall–Kier alpha value is -0.720. The Morgan fingerprint density at radius 1 is 0.818 bits per heavy atom. The van der Waals surface area contributed by atoms with Gasteiger partial charge in [-0.25, -0.2) is 18.2 Å². The molecule has 2 amide bonds. The number of carbonyl (C=O) groups is 2. The molecule has 0 radical (unpaired) electrons. The highest BCUT2D eigenvalue weighted by Crippen LogP contribution is 2.28. The first-order chi connectivity index (χ1) is 10.3. The zero-order valence-electron chi connectivity index (χ0n) is 13.1. The number of carbonyl (C=O) groups excluding carboxylic acids is 2. The van der Waals surface area contributed by atoms with Gasteiger partial charge < -0.3 is 0 Å². The van der Waals surface area contributed by atoms with Crippen molar-refractivity contribution < 1.29 is 19.3 Å². The Kier molecular flexibility index (Phi) is 11.4. The van der Waals surface area contributed by atoms with Crippen LogP contribution in [-0.4, -0.2) is 57.5 Å². The molecule has 0 rings (SSSR count). The minimum Gasteiger partial charge on any atom is -0.296 e. The first-order valence-electron chi connectivity index (χ1n) is 5.73. The molecule has 0 bridgehead atoms. The van der Waals surface area contributed by atoms with Gasteiger partial charge in [0.15, 0.2) is 0 Å². The van der Waals surface area contributed by atoms with Gasteiger partial charge in [0.1, 0.15) is 10.1 Å². The predicted molar refractivity (Wildman–Crippen MR) is 96.9 cm³/mol. The summed E-state index contributed by atoms with van der Waals surface area (Å²) in [5.41, 5.74) is 0. The maximum absolute atomic E-state index is 11.6. The van der Waals surface area contributed by atoms with E-state index in [1.807, 2.05) is 12.5 Å². The van der Waals surface area contributed by atoms with E-state index in [0.717, 1.165) is 22.0 Å². The zero-order chi connectivity index (χ0) is 17.1. The lowest BCUT2D eigenvalue weighted by atomic mass is 10.9. The molecule has 0 saturated carbocycles. The van der Waals surface area contributed by atoms with Crippen LogP contribution in [-0.2, 0) is 9.68 Å². The van der Waals surface area contributed by atoms with Crippen molar-refractivity contribution in [2.75, 3.05) is 26.6 Å². The topological polar surface area (TPSA) is 83.8 Å². The molecular weight excluding hydrogens is 368 g/mol. The van der Waals surface area contributed by atoms with Gasteiger partial charge in [-0.1, -0.05) is 10.3 Å². The Bertz CT molecular complexity index is 407. The molecule has 126 valence electrons. The second kappa shape index (κ2) is 11.8. The first-order valence-corrected chi connectivity index (χ1v) is 10.2. The molecule has 0 aromatic heterocycles. The lowest BCUT2D eigenvalue weighted by molar-refractivity contribution is 0.136. The number of hydrogen-bond acceptors (Lipinski definition) is 10. The van der Waals surface area contributed by atoms with E-state index in [1.165, 1.54) is 46.2 Å². The smallest absolute Gasteiger partial charge is 0.296 e. The van der Waals surface area contributed by atoms with Gasteiger partial charge in [-0.2, -0.15) is 0 Å². The predicted octanol–water partition coefficient (Wildman–Crippen LogP) is 3.73. The van der Waals surface area contributed by atoms with Crippen molar-refractivity contribution in [1.29, 1.82) is 0 Å². The third-order valence-corrected chi connectivity index (χ3v) is 5.55. The summed E-state index contributed by atoms with van der Waals surface area (Å²) in [7, 11) is 4.98. The summed E-state index contributed by atoms with van der Waals surface area (Å²) in [6.45, 7) is 3.45. The average Bonchev–Trinajstić information content (AvgIpc) is 2.53. The maximum Gasteiger partial charge on any atom is 0.446 e. The maximum atomic E-state index is 11.6. The number of amides is 2. The fourth-order valence-corrected chi connectivity index (χ4v) is 2.13. The highest BCUT2D eigenvalue weighted by molar-refractivity contribution is 8.75. The molecule has 0 aromatic carbocycles. The average molecular weight is 387 g/mol. The van der Waals surface area contributed by atoms with Crippen LogP contribution in [0.25, 0.3) is 0 Å². The molecule has 0 unspecified atom stereocenters. The number of hydrogen-bond donors (Lipinski definition) is 0. The van der Waals surface area contributed by atoms with E-state index >= 15 is 0 Å². The van der Waals surface area contributed by atoms with E-state index < -0.39 is 12.2 Å². The normalized spacial score (nSPS) is 11.9. The zero-order valence-corrected chi connectivity index (χ0v) is 16.3. The van der Waals surface area contributed by atoms with Crippen LogP contribution in [0.5, 0.6) is 0 Å². The van der Waals surface area contributed by atoms with Crippen LogP contribution in [0, 0.1) is 0 Å². The third kappa shape index (κ3) is 9.33. The molecule has 0 N–H and O–H groups in total. The fourth-order valence-electron chi connectivity index (χ4n) is 0.557. The summed E-state index contributed by atoms with van der Waals surface area (Å²) in [6, 6.07) is 0. The van der Waals surface area contributed by atoms with Crippen molar-refractivity contribution in [1.82, 2.24) is 8.61 Å². The summed E-state index contributed by atoms with van der Waals surface area (Å²) in [5, 5.41) is 8.50. The number of thioether (sulfide) groups is 2. The molecule has 0 atom stereocenters. The van der Waals surface area contributed by atoms with E-state index in [1.54, 1.807) is 13.8 Å². The minimum atomic E-state index is -0.649. The van der Waals surface area contributed by atoms with Gasteiger partial charge >= 0.3 is 12.2 Å². The lowest BCUT2D eigenvalue weighted by Crippen LogP contribution is -2.22. The standard InChI is InChI=1S/C10H18N4O4S4/c1-7(19-5)11-17-9(15)13(3)21-22-14(4)10(16)18-12-8(2)20-6/h1-6H3. The van der Waals surface area contributed by atoms with Crippen LogP contribution in [0.1, 0.15) is 13.8 Å². The molecule has 0 aliphatic rings. The fraction of sp³-hybridized carbons (Fsp3) is 0.600. The van der Waals surface area contributed by atoms with Crippen molar-refractivity contribution in [3.63, 3.8) is 0 Å².